The van der Waals surface area contributed by atoms with Crippen LogP contribution in [0.25, 0.3) is 0 Å². The molecular weight excluding hydrogens is 200 g/mol. The molecule has 0 saturated heterocycles. The average molecular weight is 216 g/mol. The number of hydrogen-bond donors (Lipinski definition) is 1. The number of terminal acetylenes is 1. The molecule has 0 spiro atoms. The third-order valence-corrected chi connectivity index (χ3v) is 2.89. The summed E-state index contributed by atoms with van der Waals surface area (Å²) in [5, 5.41) is 9.66. The lowest BCUT2D eigenvalue weighted by Crippen LogP contribution is -1.97. The van der Waals surface area contributed by atoms with Gasteiger partial charge in [-0.1, -0.05) is 6.07 Å². The Hall–Kier alpha value is -1.46. The fraction of sp³-hybridized carbons (Fsp3) is 0.429. The van der Waals surface area contributed by atoms with Gasteiger partial charge in [-0.2, -0.15) is 0 Å². The van der Waals surface area contributed by atoms with Gasteiger partial charge in [0, 0.05) is 6.42 Å². The molecule has 2 rings (SSSR count). The normalized spacial score (nSPS) is 17.9. The Labute approximate surface area is 96.3 Å². The van der Waals surface area contributed by atoms with Gasteiger partial charge in [0.25, 0.3) is 0 Å². The highest BCUT2D eigenvalue weighted by Crippen LogP contribution is 2.33. The molecule has 84 valence electrons. The van der Waals surface area contributed by atoms with Crippen LogP contribution in [-0.4, -0.2) is 11.7 Å². The molecule has 0 unspecified atom stereocenters. The Balaban J connectivity index is 1.95. The number of aliphatic hydroxyl groups is 1. The van der Waals surface area contributed by atoms with E-state index in [2.05, 4.69) is 5.92 Å². The molecule has 1 N–H and O–H groups in total. The van der Waals surface area contributed by atoms with Crippen molar-refractivity contribution >= 4 is 0 Å². The lowest BCUT2D eigenvalue weighted by atomic mass is 10.1. The highest BCUT2D eigenvalue weighted by Gasteiger charge is 2.20. The van der Waals surface area contributed by atoms with Crippen molar-refractivity contribution < 1.29 is 9.84 Å². The number of aryl methyl sites for hydroxylation is 1. The molecule has 2 nitrogen and oxygen atoms in total. The zero-order chi connectivity index (χ0) is 11.4. The zero-order valence-corrected chi connectivity index (χ0v) is 9.28. The van der Waals surface area contributed by atoms with Crippen molar-refractivity contribution in [3.05, 3.63) is 29.3 Å². The summed E-state index contributed by atoms with van der Waals surface area (Å²) in [6, 6.07) is 5.91. The van der Waals surface area contributed by atoms with E-state index in [-0.39, 0.29) is 6.10 Å². The summed E-state index contributed by atoms with van der Waals surface area (Å²) in [5.74, 6) is 3.47. The highest BCUT2D eigenvalue weighted by molar-refractivity contribution is 5.39. The number of aliphatic hydroxyl groups excluding tert-OH is 1. The maximum absolute atomic E-state index is 9.66. The molecule has 1 aromatic carbocycles. The van der Waals surface area contributed by atoms with Gasteiger partial charge < -0.3 is 9.84 Å². The van der Waals surface area contributed by atoms with E-state index in [4.69, 9.17) is 11.2 Å². The SMILES string of the molecule is C#CCCCOc1ccc2c(c1)CC[C@H]2O. The van der Waals surface area contributed by atoms with Crippen LogP contribution in [0.3, 0.4) is 0 Å². The van der Waals surface area contributed by atoms with E-state index >= 15 is 0 Å². The monoisotopic (exact) mass is 216 g/mol. The molecule has 0 aromatic heterocycles. The predicted molar refractivity (Wildman–Crippen MR) is 63.3 cm³/mol. The van der Waals surface area contributed by atoms with E-state index in [9.17, 15) is 5.11 Å². The minimum atomic E-state index is -0.287. The first-order valence-corrected chi connectivity index (χ1v) is 5.68. The molecule has 1 aromatic rings. The van der Waals surface area contributed by atoms with Crippen molar-refractivity contribution in [3.8, 4) is 18.1 Å². The maximum atomic E-state index is 9.66. The first-order chi connectivity index (χ1) is 7.81. The van der Waals surface area contributed by atoms with Crippen LogP contribution in [0.1, 0.15) is 36.5 Å². The van der Waals surface area contributed by atoms with Crippen molar-refractivity contribution in [2.75, 3.05) is 6.61 Å². The van der Waals surface area contributed by atoms with Gasteiger partial charge in [0.2, 0.25) is 0 Å². The van der Waals surface area contributed by atoms with Gasteiger partial charge in [-0.05, 0) is 42.5 Å². The quantitative estimate of drug-likeness (QED) is 0.619. The highest BCUT2D eigenvalue weighted by atomic mass is 16.5. The van der Waals surface area contributed by atoms with Crippen LogP contribution in [0.4, 0.5) is 0 Å². The van der Waals surface area contributed by atoms with Crippen molar-refractivity contribution in [1.82, 2.24) is 0 Å². The third kappa shape index (κ3) is 2.37. The Morgan fingerprint density at radius 2 is 2.38 bits per heavy atom. The summed E-state index contributed by atoms with van der Waals surface area (Å²) in [7, 11) is 0. The van der Waals surface area contributed by atoms with Crippen molar-refractivity contribution in [2.45, 2.75) is 31.8 Å². The van der Waals surface area contributed by atoms with Gasteiger partial charge >= 0.3 is 0 Å². The summed E-state index contributed by atoms with van der Waals surface area (Å²) in [4.78, 5) is 0. The van der Waals surface area contributed by atoms with Gasteiger partial charge in [0.05, 0.1) is 12.7 Å². The van der Waals surface area contributed by atoms with E-state index in [1.165, 1.54) is 5.56 Å². The van der Waals surface area contributed by atoms with E-state index in [1.807, 2.05) is 18.2 Å². The molecule has 0 bridgehead atoms. The molecule has 2 heteroatoms. The second-order valence-electron chi connectivity index (χ2n) is 4.07. The van der Waals surface area contributed by atoms with Crippen molar-refractivity contribution in [3.63, 3.8) is 0 Å². The van der Waals surface area contributed by atoms with Crippen LogP contribution < -0.4 is 4.74 Å². The van der Waals surface area contributed by atoms with Gasteiger partial charge in [0.15, 0.2) is 0 Å². The first-order valence-electron chi connectivity index (χ1n) is 5.68. The fourth-order valence-electron chi connectivity index (χ4n) is 2.03. The smallest absolute Gasteiger partial charge is 0.119 e. The number of hydrogen-bond acceptors (Lipinski definition) is 2. The van der Waals surface area contributed by atoms with Crippen LogP contribution in [-0.2, 0) is 6.42 Å². The van der Waals surface area contributed by atoms with Crippen LogP contribution in [0.2, 0.25) is 0 Å². The molecule has 1 atom stereocenters. The molecule has 0 aliphatic heterocycles. The molecule has 1 aliphatic carbocycles. The Morgan fingerprint density at radius 1 is 1.50 bits per heavy atom. The second kappa shape index (κ2) is 5.05. The molecule has 1 aliphatic rings. The number of rotatable bonds is 4. The fourth-order valence-corrected chi connectivity index (χ4v) is 2.03. The standard InChI is InChI=1S/C14H16O2/c1-2-3-4-9-16-12-6-7-13-11(10-12)5-8-14(13)15/h1,6-7,10,14-15H,3-5,8-9H2/t14-/m1/s1. The van der Waals surface area contributed by atoms with E-state index < -0.39 is 0 Å². The molecule has 0 saturated carbocycles. The zero-order valence-electron chi connectivity index (χ0n) is 9.28. The number of ether oxygens (including phenoxy) is 1. The number of benzene rings is 1. The summed E-state index contributed by atoms with van der Waals surface area (Å²) in [5.41, 5.74) is 2.26. The van der Waals surface area contributed by atoms with Crippen LogP contribution in [0.15, 0.2) is 18.2 Å². The largest absolute Gasteiger partial charge is 0.494 e. The lowest BCUT2D eigenvalue weighted by molar-refractivity contribution is 0.180. The molecule has 0 amide bonds. The molecular formula is C14H16O2. The van der Waals surface area contributed by atoms with Crippen LogP contribution in [0, 0.1) is 12.3 Å². The van der Waals surface area contributed by atoms with Gasteiger partial charge in [-0.15, -0.1) is 12.3 Å². The topological polar surface area (TPSA) is 29.5 Å². The Kier molecular flexibility index (Phi) is 3.48. The minimum Gasteiger partial charge on any atom is -0.494 e. The summed E-state index contributed by atoms with van der Waals surface area (Å²) >= 11 is 0. The van der Waals surface area contributed by atoms with E-state index in [1.54, 1.807) is 0 Å². The summed E-state index contributed by atoms with van der Waals surface area (Å²) in [6.07, 6.45) is 8.29. The summed E-state index contributed by atoms with van der Waals surface area (Å²) < 4.78 is 5.59. The van der Waals surface area contributed by atoms with Gasteiger partial charge in [-0.3, -0.25) is 0 Å². The average Bonchev–Trinajstić information content (AvgIpc) is 2.66. The van der Waals surface area contributed by atoms with E-state index in [0.29, 0.717) is 6.61 Å². The Morgan fingerprint density at radius 3 is 3.19 bits per heavy atom. The number of fused-ring (bicyclic) bond motifs is 1. The third-order valence-electron chi connectivity index (χ3n) is 2.89. The van der Waals surface area contributed by atoms with Crippen molar-refractivity contribution in [2.24, 2.45) is 0 Å². The first kappa shape index (κ1) is 11.0. The second-order valence-corrected chi connectivity index (χ2v) is 4.07. The molecule has 0 radical (unpaired) electrons. The van der Waals surface area contributed by atoms with Crippen molar-refractivity contribution in [1.29, 1.82) is 0 Å². The van der Waals surface area contributed by atoms with Crippen LogP contribution >= 0.6 is 0 Å². The van der Waals surface area contributed by atoms with Gasteiger partial charge in [0.1, 0.15) is 5.75 Å². The molecule has 0 fully saturated rings. The lowest BCUT2D eigenvalue weighted by Gasteiger charge is -2.08. The summed E-state index contributed by atoms with van der Waals surface area (Å²) in [6.45, 7) is 0.658. The number of unbranched alkanes of at least 4 members (excludes halogenated alkanes) is 1. The maximum Gasteiger partial charge on any atom is 0.119 e. The predicted octanol–water partition coefficient (Wildman–Crippen LogP) is 2.46. The Bertz CT molecular complexity index is 404. The van der Waals surface area contributed by atoms with E-state index in [0.717, 1.165) is 37.0 Å². The molecule has 16 heavy (non-hydrogen) atoms. The minimum absolute atomic E-state index is 0.287. The molecule has 0 heterocycles. The van der Waals surface area contributed by atoms with Gasteiger partial charge in [-0.25, -0.2) is 0 Å². The van der Waals surface area contributed by atoms with Crippen LogP contribution in [0.5, 0.6) is 5.75 Å².